The van der Waals surface area contributed by atoms with E-state index in [1.807, 2.05) is 6.92 Å². The van der Waals surface area contributed by atoms with E-state index >= 15 is 0 Å². The fourth-order valence-corrected chi connectivity index (χ4v) is 1.58. The Morgan fingerprint density at radius 1 is 1.16 bits per heavy atom. The van der Waals surface area contributed by atoms with Crippen LogP contribution in [0.25, 0.3) is 0 Å². The summed E-state index contributed by atoms with van der Waals surface area (Å²) in [5, 5.41) is 9.58. The van der Waals surface area contributed by atoms with Crippen LogP contribution in [0, 0.1) is 11.6 Å². The van der Waals surface area contributed by atoms with Gasteiger partial charge in [-0.15, -0.1) is 0 Å². The van der Waals surface area contributed by atoms with Gasteiger partial charge in [-0.2, -0.15) is 0 Å². The zero-order chi connectivity index (χ0) is 13.8. The molecule has 0 aliphatic heterocycles. The van der Waals surface area contributed by atoms with Gasteiger partial charge >= 0.3 is 0 Å². The summed E-state index contributed by atoms with van der Waals surface area (Å²) in [6.45, 7) is 1.84. The Kier molecular flexibility index (Phi) is 4.06. The highest BCUT2D eigenvalue weighted by molar-refractivity contribution is 5.31. The lowest BCUT2D eigenvalue weighted by atomic mass is 10.2. The molecule has 2 rings (SSSR count). The van der Waals surface area contributed by atoms with E-state index < -0.39 is 17.7 Å². The number of rotatable bonds is 4. The third-order valence-corrected chi connectivity index (χ3v) is 2.56. The second kappa shape index (κ2) is 5.75. The summed E-state index contributed by atoms with van der Waals surface area (Å²) in [4.78, 5) is 4.03. The maximum atomic E-state index is 13.0. The molecule has 1 heterocycles. The Hall–Kier alpha value is -2.01. The number of benzene rings is 1. The lowest BCUT2D eigenvalue weighted by Crippen LogP contribution is -1.98. The number of nitrogens with zero attached hydrogens (tertiary/aromatic N) is 1. The van der Waals surface area contributed by atoms with Crippen LogP contribution in [0.2, 0.25) is 0 Å². The van der Waals surface area contributed by atoms with Crippen molar-refractivity contribution in [2.75, 3.05) is 0 Å². The fraction of sp³-hybridized carbons (Fsp3) is 0.214. The number of ether oxygens (including phenoxy) is 1. The summed E-state index contributed by atoms with van der Waals surface area (Å²) < 4.78 is 31.2. The van der Waals surface area contributed by atoms with Gasteiger partial charge in [0, 0.05) is 18.2 Å². The molecule has 0 fully saturated rings. The first kappa shape index (κ1) is 13.4. The summed E-state index contributed by atoms with van der Waals surface area (Å²) in [5.41, 5.74) is 0.528. The van der Waals surface area contributed by atoms with Crippen molar-refractivity contribution in [1.29, 1.82) is 0 Å². The summed E-state index contributed by atoms with van der Waals surface area (Å²) in [7, 11) is 0. The van der Waals surface area contributed by atoms with E-state index in [0.717, 1.165) is 18.2 Å². The van der Waals surface area contributed by atoms with Crippen LogP contribution in [0.1, 0.15) is 25.1 Å². The predicted molar refractivity (Wildman–Crippen MR) is 65.9 cm³/mol. The van der Waals surface area contributed by atoms with E-state index in [4.69, 9.17) is 4.74 Å². The molecule has 2 aromatic rings. The summed E-state index contributed by atoms with van der Waals surface area (Å²) in [6.07, 6.45) is 1.33. The Balaban J connectivity index is 2.15. The first-order valence-corrected chi connectivity index (χ1v) is 5.86. The van der Waals surface area contributed by atoms with E-state index in [1.54, 1.807) is 12.1 Å². The molecule has 1 N–H and O–H groups in total. The molecule has 0 aliphatic carbocycles. The van der Waals surface area contributed by atoms with Crippen LogP contribution in [0.3, 0.4) is 0 Å². The molecule has 0 saturated carbocycles. The maximum absolute atomic E-state index is 13.0. The summed E-state index contributed by atoms with van der Waals surface area (Å²) in [6, 6.07) is 6.13. The molecule has 0 saturated heterocycles. The quantitative estimate of drug-likeness (QED) is 0.918. The molecule has 19 heavy (non-hydrogen) atoms. The Morgan fingerprint density at radius 3 is 2.37 bits per heavy atom. The molecule has 5 heteroatoms. The van der Waals surface area contributed by atoms with Crippen LogP contribution in [0.5, 0.6) is 11.5 Å². The summed E-state index contributed by atoms with van der Waals surface area (Å²) in [5.74, 6) is -1.01. The van der Waals surface area contributed by atoms with Gasteiger partial charge in [-0.1, -0.05) is 6.92 Å². The molecule has 3 nitrogen and oxygen atoms in total. The third-order valence-electron chi connectivity index (χ3n) is 2.56. The molecule has 0 aliphatic rings. The molecule has 1 atom stereocenters. The average molecular weight is 265 g/mol. The Labute approximate surface area is 109 Å². The number of pyridine rings is 1. The molecule has 0 spiro atoms. The van der Waals surface area contributed by atoms with Crippen LogP contribution in [-0.2, 0) is 0 Å². The molecule has 1 aromatic heterocycles. The van der Waals surface area contributed by atoms with Gasteiger partial charge in [-0.05, 0) is 18.6 Å². The second-order valence-electron chi connectivity index (χ2n) is 4.05. The Bertz CT molecular complexity index is 538. The van der Waals surface area contributed by atoms with Crippen LogP contribution < -0.4 is 4.74 Å². The van der Waals surface area contributed by atoms with Crippen LogP contribution in [-0.4, -0.2) is 10.1 Å². The van der Waals surface area contributed by atoms with Gasteiger partial charge in [0.05, 0.1) is 18.0 Å². The fourth-order valence-electron chi connectivity index (χ4n) is 1.58. The van der Waals surface area contributed by atoms with Crippen molar-refractivity contribution in [2.45, 2.75) is 19.4 Å². The van der Waals surface area contributed by atoms with Crippen molar-refractivity contribution < 1.29 is 18.6 Å². The summed E-state index contributed by atoms with van der Waals surface area (Å²) >= 11 is 0. The molecule has 0 unspecified atom stereocenters. The van der Waals surface area contributed by atoms with Gasteiger partial charge in [-0.3, -0.25) is 4.98 Å². The van der Waals surface area contributed by atoms with Crippen molar-refractivity contribution >= 4 is 0 Å². The standard InChI is InChI=1S/C14H13F2NO2/c1-2-14(18)13-4-3-11(8-17-13)19-12-6-9(15)5-10(16)7-12/h3-8,14,18H,2H2,1H3/t14-/m1/s1. The topological polar surface area (TPSA) is 42.4 Å². The molecule has 0 bridgehead atoms. The zero-order valence-corrected chi connectivity index (χ0v) is 10.3. The van der Waals surface area contributed by atoms with Gasteiger partial charge < -0.3 is 9.84 Å². The highest BCUT2D eigenvalue weighted by Gasteiger charge is 2.07. The highest BCUT2D eigenvalue weighted by atomic mass is 19.1. The maximum Gasteiger partial charge on any atom is 0.145 e. The van der Waals surface area contributed by atoms with Gasteiger partial charge in [0.15, 0.2) is 0 Å². The minimum atomic E-state index is -0.707. The van der Waals surface area contributed by atoms with Crippen LogP contribution in [0.4, 0.5) is 8.78 Å². The lowest BCUT2D eigenvalue weighted by molar-refractivity contribution is 0.169. The number of aliphatic hydroxyl groups is 1. The SMILES string of the molecule is CC[C@@H](O)c1ccc(Oc2cc(F)cc(F)c2)cn1. The first-order chi connectivity index (χ1) is 9.08. The van der Waals surface area contributed by atoms with Crippen molar-refractivity contribution in [3.8, 4) is 11.5 Å². The van der Waals surface area contributed by atoms with Gasteiger partial charge in [0.2, 0.25) is 0 Å². The van der Waals surface area contributed by atoms with E-state index in [9.17, 15) is 13.9 Å². The van der Waals surface area contributed by atoms with E-state index in [2.05, 4.69) is 4.98 Å². The van der Waals surface area contributed by atoms with Crippen molar-refractivity contribution in [3.05, 3.63) is 53.9 Å². The number of hydrogen-bond donors (Lipinski definition) is 1. The predicted octanol–water partition coefficient (Wildman–Crippen LogP) is 3.60. The molecular formula is C14H13F2NO2. The first-order valence-electron chi connectivity index (χ1n) is 5.86. The molecule has 100 valence electrons. The number of aliphatic hydroxyl groups excluding tert-OH is 1. The van der Waals surface area contributed by atoms with E-state index in [-0.39, 0.29) is 5.75 Å². The zero-order valence-electron chi connectivity index (χ0n) is 10.3. The average Bonchev–Trinajstić information content (AvgIpc) is 2.37. The number of aromatic nitrogens is 1. The molecule has 0 amide bonds. The Morgan fingerprint density at radius 2 is 1.84 bits per heavy atom. The molecule has 0 radical (unpaired) electrons. The minimum Gasteiger partial charge on any atom is -0.456 e. The lowest BCUT2D eigenvalue weighted by Gasteiger charge is -2.09. The van der Waals surface area contributed by atoms with E-state index in [1.165, 1.54) is 6.20 Å². The highest BCUT2D eigenvalue weighted by Crippen LogP contribution is 2.24. The van der Waals surface area contributed by atoms with Crippen LogP contribution in [0.15, 0.2) is 36.5 Å². The van der Waals surface area contributed by atoms with Gasteiger partial charge in [0.25, 0.3) is 0 Å². The second-order valence-corrected chi connectivity index (χ2v) is 4.05. The molecular weight excluding hydrogens is 252 g/mol. The van der Waals surface area contributed by atoms with Gasteiger partial charge in [0.1, 0.15) is 23.1 Å². The van der Waals surface area contributed by atoms with Crippen LogP contribution >= 0.6 is 0 Å². The largest absolute Gasteiger partial charge is 0.456 e. The third kappa shape index (κ3) is 3.48. The minimum absolute atomic E-state index is 0.0584. The van der Waals surface area contributed by atoms with Crippen molar-refractivity contribution in [1.82, 2.24) is 4.98 Å². The normalized spacial score (nSPS) is 12.2. The molecule has 1 aromatic carbocycles. The van der Waals surface area contributed by atoms with Crippen molar-refractivity contribution in [2.24, 2.45) is 0 Å². The number of hydrogen-bond acceptors (Lipinski definition) is 3. The van der Waals surface area contributed by atoms with Gasteiger partial charge in [-0.25, -0.2) is 8.78 Å². The van der Waals surface area contributed by atoms with E-state index in [0.29, 0.717) is 17.9 Å². The van der Waals surface area contributed by atoms with Crippen molar-refractivity contribution in [3.63, 3.8) is 0 Å². The number of halogens is 2. The monoisotopic (exact) mass is 265 g/mol. The smallest absolute Gasteiger partial charge is 0.145 e.